The largest absolute Gasteiger partial charge is 0.334 e. The molecule has 2 unspecified atom stereocenters. The van der Waals surface area contributed by atoms with E-state index in [0.717, 1.165) is 0 Å². The molecule has 10 heteroatoms. The lowest BCUT2D eigenvalue weighted by Gasteiger charge is -2.21. The predicted octanol–water partition coefficient (Wildman–Crippen LogP) is 0.983. The quantitative estimate of drug-likeness (QED) is 0.686. The van der Waals surface area contributed by atoms with Crippen LogP contribution in [0.25, 0.3) is 0 Å². The summed E-state index contributed by atoms with van der Waals surface area (Å²) in [5.41, 5.74) is 0. The second-order valence-electron chi connectivity index (χ2n) is 6.23. The summed E-state index contributed by atoms with van der Waals surface area (Å²) in [4.78, 5) is 28.4. The molecule has 1 fully saturated rings. The first-order valence-electron chi connectivity index (χ1n) is 7.73. The Morgan fingerprint density at radius 2 is 2.17 bits per heavy atom. The number of anilines is 1. The highest BCUT2D eigenvalue weighted by Gasteiger charge is 2.30. The molecule has 1 aliphatic rings. The SMILES string of the molecule is CC(C)CC(NC(=O)NC1CCS(=O)(=O)C1)C(=O)Nc1nccs1. The summed E-state index contributed by atoms with van der Waals surface area (Å²) in [5, 5.41) is 10.1. The van der Waals surface area contributed by atoms with Crippen molar-refractivity contribution in [1.82, 2.24) is 15.6 Å². The minimum atomic E-state index is -3.07. The molecule has 0 spiro atoms. The minimum absolute atomic E-state index is 0.0550. The first-order valence-corrected chi connectivity index (χ1v) is 10.4. The van der Waals surface area contributed by atoms with Gasteiger partial charge in [0.05, 0.1) is 11.5 Å². The fourth-order valence-electron chi connectivity index (χ4n) is 2.47. The average Bonchev–Trinajstić information content (AvgIpc) is 3.07. The molecule has 0 radical (unpaired) electrons. The number of nitrogens with zero attached hydrogens (tertiary/aromatic N) is 1. The monoisotopic (exact) mass is 374 g/mol. The molecule has 3 N–H and O–H groups in total. The lowest BCUT2D eigenvalue weighted by molar-refractivity contribution is -0.118. The zero-order valence-corrected chi connectivity index (χ0v) is 15.2. The molecule has 0 aromatic carbocycles. The molecule has 1 aromatic rings. The molecule has 24 heavy (non-hydrogen) atoms. The molecule has 2 rings (SSSR count). The molecule has 1 saturated heterocycles. The number of carbonyl (C=O) groups is 2. The van der Waals surface area contributed by atoms with Gasteiger partial charge in [0.2, 0.25) is 5.91 Å². The van der Waals surface area contributed by atoms with Gasteiger partial charge in [-0.25, -0.2) is 18.2 Å². The van der Waals surface area contributed by atoms with E-state index in [0.29, 0.717) is 18.0 Å². The van der Waals surface area contributed by atoms with Crippen LogP contribution in [-0.2, 0) is 14.6 Å². The van der Waals surface area contributed by atoms with Gasteiger partial charge >= 0.3 is 6.03 Å². The maximum atomic E-state index is 12.3. The topological polar surface area (TPSA) is 117 Å². The van der Waals surface area contributed by atoms with Crippen LogP contribution in [0.4, 0.5) is 9.93 Å². The number of thiazole rings is 1. The predicted molar refractivity (Wildman–Crippen MR) is 92.7 cm³/mol. The van der Waals surface area contributed by atoms with E-state index >= 15 is 0 Å². The van der Waals surface area contributed by atoms with E-state index in [4.69, 9.17) is 0 Å². The van der Waals surface area contributed by atoms with Gasteiger partial charge in [0.1, 0.15) is 6.04 Å². The molecular weight excluding hydrogens is 352 g/mol. The highest BCUT2D eigenvalue weighted by Crippen LogP contribution is 2.14. The van der Waals surface area contributed by atoms with Crippen LogP contribution in [-0.4, -0.2) is 48.9 Å². The summed E-state index contributed by atoms with van der Waals surface area (Å²) in [6.07, 6.45) is 2.45. The van der Waals surface area contributed by atoms with Crippen LogP contribution in [0.2, 0.25) is 0 Å². The van der Waals surface area contributed by atoms with Crippen LogP contribution in [0.1, 0.15) is 26.7 Å². The molecule has 3 amide bonds. The van der Waals surface area contributed by atoms with Gasteiger partial charge in [-0.2, -0.15) is 0 Å². The molecule has 2 heterocycles. The fraction of sp³-hybridized carbons (Fsp3) is 0.643. The van der Waals surface area contributed by atoms with Gasteiger partial charge in [0.25, 0.3) is 0 Å². The average molecular weight is 374 g/mol. The zero-order chi connectivity index (χ0) is 17.7. The van der Waals surface area contributed by atoms with E-state index in [1.165, 1.54) is 11.3 Å². The van der Waals surface area contributed by atoms with Crippen molar-refractivity contribution in [2.75, 3.05) is 16.8 Å². The fourth-order valence-corrected chi connectivity index (χ4v) is 4.68. The normalized spacial score (nSPS) is 20.5. The molecule has 8 nitrogen and oxygen atoms in total. The molecule has 1 aliphatic heterocycles. The number of carbonyl (C=O) groups excluding carboxylic acids is 2. The summed E-state index contributed by atoms with van der Waals surface area (Å²) >= 11 is 1.29. The third-order valence-electron chi connectivity index (χ3n) is 3.56. The van der Waals surface area contributed by atoms with E-state index < -0.39 is 28.0 Å². The van der Waals surface area contributed by atoms with Crippen LogP contribution >= 0.6 is 11.3 Å². The van der Waals surface area contributed by atoms with Crippen molar-refractivity contribution in [2.24, 2.45) is 5.92 Å². The molecule has 2 atom stereocenters. The summed E-state index contributed by atoms with van der Waals surface area (Å²) in [5.74, 6) is -0.115. The number of hydrogen-bond donors (Lipinski definition) is 3. The van der Waals surface area contributed by atoms with Gasteiger partial charge in [-0.15, -0.1) is 11.3 Å². The third-order valence-corrected chi connectivity index (χ3v) is 6.02. The lowest BCUT2D eigenvalue weighted by Crippen LogP contribution is -2.51. The number of urea groups is 1. The Morgan fingerprint density at radius 3 is 2.71 bits per heavy atom. The lowest BCUT2D eigenvalue weighted by atomic mass is 10.0. The van der Waals surface area contributed by atoms with Crippen molar-refractivity contribution < 1.29 is 18.0 Å². The van der Waals surface area contributed by atoms with Crippen molar-refractivity contribution >= 4 is 38.2 Å². The Hall–Kier alpha value is -1.68. The van der Waals surface area contributed by atoms with Crippen LogP contribution in [0.5, 0.6) is 0 Å². The van der Waals surface area contributed by atoms with Gasteiger partial charge in [-0.05, 0) is 18.8 Å². The Morgan fingerprint density at radius 1 is 1.42 bits per heavy atom. The van der Waals surface area contributed by atoms with Crippen molar-refractivity contribution in [1.29, 1.82) is 0 Å². The van der Waals surface area contributed by atoms with E-state index in [1.807, 2.05) is 13.8 Å². The van der Waals surface area contributed by atoms with Crippen molar-refractivity contribution in [3.05, 3.63) is 11.6 Å². The van der Waals surface area contributed by atoms with E-state index in [2.05, 4.69) is 20.9 Å². The van der Waals surface area contributed by atoms with Gasteiger partial charge in [-0.1, -0.05) is 13.8 Å². The van der Waals surface area contributed by atoms with Gasteiger partial charge in [0, 0.05) is 17.6 Å². The highest BCUT2D eigenvalue weighted by atomic mass is 32.2. The Bertz CT molecular complexity index is 673. The summed E-state index contributed by atoms with van der Waals surface area (Å²) in [7, 11) is -3.07. The number of rotatable bonds is 6. The molecular formula is C14H22N4O4S2. The summed E-state index contributed by atoms with van der Waals surface area (Å²) < 4.78 is 22.9. The zero-order valence-electron chi connectivity index (χ0n) is 13.6. The van der Waals surface area contributed by atoms with Gasteiger partial charge < -0.3 is 16.0 Å². The van der Waals surface area contributed by atoms with E-state index in [9.17, 15) is 18.0 Å². The number of nitrogens with one attached hydrogen (secondary N) is 3. The number of sulfone groups is 1. The molecule has 0 saturated carbocycles. The second kappa shape index (κ2) is 7.93. The highest BCUT2D eigenvalue weighted by molar-refractivity contribution is 7.91. The molecule has 1 aromatic heterocycles. The first kappa shape index (κ1) is 18.7. The number of hydrogen-bond acceptors (Lipinski definition) is 6. The van der Waals surface area contributed by atoms with Gasteiger partial charge in [0.15, 0.2) is 15.0 Å². The van der Waals surface area contributed by atoms with Crippen LogP contribution < -0.4 is 16.0 Å². The summed E-state index contributed by atoms with van der Waals surface area (Å²) in [6.45, 7) is 3.90. The number of amides is 3. The van der Waals surface area contributed by atoms with E-state index in [1.54, 1.807) is 11.6 Å². The van der Waals surface area contributed by atoms with Crippen molar-refractivity contribution in [3.63, 3.8) is 0 Å². The molecule has 0 aliphatic carbocycles. The van der Waals surface area contributed by atoms with E-state index in [-0.39, 0.29) is 23.3 Å². The standard InChI is InChI=1S/C14H22N4O4S2/c1-9(2)7-11(12(19)18-14-15-4-5-23-14)17-13(20)16-10-3-6-24(21,22)8-10/h4-5,9-11H,3,6-8H2,1-2H3,(H,15,18,19)(H2,16,17,20). The maximum absolute atomic E-state index is 12.3. The minimum Gasteiger partial charge on any atom is -0.334 e. The van der Waals surface area contributed by atoms with Crippen LogP contribution in [0.3, 0.4) is 0 Å². The Labute approximate surface area is 145 Å². The third kappa shape index (κ3) is 5.75. The molecule has 0 bridgehead atoms. The van der Waals surface area contributed by atoms with Crippen molar-refractivity contribution in [3.8, 4) is 0 Å². The van der Waals surface area contributed by atoms with Crippen molar-refractivity contribution in [2.45, 2.75) is 38.8 Å². The second-order valence-corrected chi connectivity index (χ2v) is 9.35. The van der Waals surface area contributed by atoms with Crippen LogP contribution in [0, 0.1) is 5.92 Å². The number of aromatic nitrogens is 1. The smallest absolute Gasteiger partial charge is 0.315 e. The Kier molecular flexibility index (Phi) is 6.16. The molecule has 134 valence electrons. The maximum Gasteiger partial charge on any atom is 0.315 e. The first-order chi connectivity index (χ1) is 11.2. The van der Waals surface area contributed by atoms with Crippen LogP contribution in [0.15, 0.2) is 11.6 Å². The van der Waals surface area contributed by atoms with Gasteiger partial charge in [-0.3, -0.25) is 4.79 Å². The Balaban J connectivity index is 1.92. The summed E-state index contributed by atoms with van der Waals surface area (Å²) in [6, 6.07) is -1.65.